The lowest BCUT2D eigenvalue weighted by Crippen LogP contribution is -2.62. The third-order valence-electron chi connectivity index (χ3n) is 4.56. The Kier molecular flexibility index (Phi) is 3.72. The number of carbonyl (C=O) groups is 2. The number of aromatic amines is 1. The van der Waals surface area contributed by atoms with Gasteiger partial charge in [-0.15, -0.1) is 0 Å². The summed E-state index contributed by atoms with van der Waals surface area (Å²) in [5.74, 6) is -0.947. The number of nitrogens with one attached hydrogen (secondary N) is 2. The number of carbonyl (C=O) groups excluding carboxylic acids is 2. The third-order valence-corrected chi connectivity index (χ3v) is 4.56. The van der Waals surface area contributed by atoms with Gasteiger partial charge in [0.2, 0.25) is 0 Å². The van der Waals surface area contributed by atoms with Crippen molar-refractivity contribution in [3.8, 4) is 0 Å². The van der Waals surface area contributed by atoms with Crippen molar-refractivity contribution in [2.24, 2.45) is 0 Å². The third kappa shape index (κ3) is 2.80. The Bertz CT molecular complexity index is 669. The molecule has 2 bridgehead atoms. The lowest BCUT2D eigenvalue weighted by molar-refractivity contribution is -0.0612. The average Bonchev–Trinajstić information content (AvgIpc) is 3.07. The second-order valence-electron chi connectivity index (χ2n) is 7.73. The summed E-state index contributed by atoms with van der Waals surface area (Å²) in [6.07, 6.45) is 0.970. The standard InChI is InChI=1S/C16H23N3O5/c1-9-16(6-15(7-16,8-20)23-9)17-12(21)10-5-11(19-18-10)13(22)24-14(2,3)4/h5,9,20H,6-8H2,1-4H3,(H,17,21)(H,18,19). The van der Waals surface area contributed by atoms with Crippen molar-refractivity contribution < 1.29 is 24.2 Å². The highest BCUT2D eigenvalue weighted by atomic mass is 16.6. The van der Waals surface area contributed by atoms with Crippen LogP contribution in [0.15, 0.2) is 6.07 Å². The maximum absolute atomic E-state index is 12.4. The molecule has 1 aromatic heterocycles. The van der Waals surface area contributed by atoms with Crippen molar-refractivity contribution in [2.45, 2.75) is 63.4 Å². The van der Waals surface area contributed by atoms with Crippen LogP contribution in [0.2, 0.25) is 0 Å². The molecule has 1 aromatic rings. The minimum absolute atomic E-state index is 0.0554. The summed E-state index contributed by atoms with van der Waals surface area (Å²) in [7, 11) is 0. The summed E-state index contributed by atoms with van der Waals surface area (Å²) in [4.78, 5) is 24.4. The molecule has 4 rings (SSSR count). The number of aliphatic hydroxyl groups excluding tert-OH is 1. The van der Waals surface area contributed by atoms with Gasteiger partial charge in [-0.05, 0) is 27.7 Å². The monoisotopic (exact) mass is 337 g/mol. The first-order valence-electron chi connectivity index (χ1n) is 7.98. The van der Waals surface area contributed by atoms with E-state index in [1.165, 1.54) is 6.07 Å². The van der Waals surface area contributed by atoms with Crippen molar-refractivity contribution in [3.05, 3.63) is 17.5 Å². The van der Waals surface area contributed by atoms with Gasteiger partial charge in [-0.3, -0.25) is 9.89 Å². The van der Waals surface area contributed by atoms with E-state index in [0.717, 1.165) is 0 Å². The quantitative estimate of drug-likeness (QED) is 0.700. The number of hydrogen-bond acceptors (Lipinski definition) is 6. The Balaban J connectivity index is 1.66. The van der Waals surface area contributed by atoms with Crippen molar-refractivity contribution in [1.82, 2.24) is 15.5 Å². The van der Waals surface area contributed by atoms with Crippen LogP contribution in [-0.4, -0.2) is 56.6 Å². The zero-order chi connectivity index (χ0) is 17.8. The average molecular weight is 337 g/mol. The fourth-order valence-corrected chi connectivity index (χ4v) is 3.46. The number of aliphatic hydroxyl groups is 1. The fraction of sp³-hybridized carbons (Fsp3) is 0.688. The Morgan fingerprint density at radius 2 is 2.17 bits per heavy atom. The minimum Gasteiger partial charge on any atom is -0.455 e. The van der Waals surface area contributed by atoms with E-state index in [4.69, 9.17) is 9.47 Å². The number of ether oxygens (including phenoxy) is 2. The van der Waals surface area contributed by atoms with E-state index in [9.17, 15) is 14.7 Å². The molecular weight excluding hydrogens is 314 g/mol. The van der Waals surface area contributed by atoms with Crippen LogP contribution in [0.1, 0.15) is 61.5 Å². The minimum atomic E-state index is -0.625. The summed E-state index contributed by atoms with van der Waals surface area (Å²) in [6, 6.07) is 1.37. The molecular formula is C16H23N3O5. The smallest absolute Gasteiger partial charge is 0.356 e. The van der Waals surface area contributed by atoms with Gasteiger partial charge in [-0.1, -0.05) is 0 Å². The molecule has 3 aliphatic rings. The Morgan fingerprint density at radius 1 is 1.50 bits per heavy atom. The molecule has 3 heterocycles. The topological polar surface area (TPSA) is 114 Å². The summed E-state index contributed by atoms with van der Waals surface area (Å²) >= 11 is 0. The summed E-state index contributed by atoms with van der Waals surface area (Å²) < 4.78 is 11.0. The summed E-state index contributed by atoms with van der Waals surface area (Å²) in [5.41, 5.74) is -1.39. The molecule has 3 N–H and O–H groups in total. The van der Waals surface area contributed by atoms with Gasteiger partial charge in [0.25, 0.3) is 5.91 Å². The molecule has 1 saturated carbocycles. The van der Waals surface area contributed by atoms with Crippen molar-refractivity contribution >= 4 is 11.9 Å². The molecule has 2 saturated heterocycles. The fourth-order valence-electron chi connectivity index (χ4n) is 3.46. The number of esters is 1. The lowest BCUT2D eigenvalue weighted by Gasteiger charge is -2.44. The maximum Gasteiger partial charge on any atom is 0.356 e. The maximum atomic E-state index is 12.4. The van der Waals surface area contributed by atoms with Crippen LogP contribution in [0.25, 0.3) is 0 Å². The second-order valence-corrected chi connectivity index (χ2v) is 7.73. The molecule has 8 heteroatoms. The molecule has 132 valence electrons. The number of nitrogens with zero attached hydrogens (tertiary/aromatic N) is 1. The number of rotatable bonds is 4. The summed E-state index contributed by atoms with van der Waals surface area (Å²) in [5, 5.41) is 18.8. The van der Waals surface area contributed by atoms with Gasteiger partial charge >= 0.3 is 5.97 Å². The van der Waals surface area contributed by atoms with E-state index in [2.05, 4.69) is 15.5 Å². The van der Waals surface area contributed by atoms with Crippen molar-refractivity contribution in [2.75, 3.05) is 6.61 Å². The molecule has 0 radical (unpaired) electrons. The molecule has 0 spiro atoms. The SMILES string of the molecule is CC1OC2(CO)CC1(NC(=O)c1cc(C(=O)OC(C)(C)C)[nH]n1)C2. The second kappa shape index (κ2) is 5.29. The van der Waals surface area contributed by atoms with Crippen molar-refractivity contribution in [3.63, 3.8) is 0 Å². The molecule has 24 heavy (non-hydrogen) atoms. The van der Waals surface area contributed by atoms with E-state index >= 15 is 0 Å². The van der Waals surface area contributed by atoms with Crippen molar-refractivity contribution in [1.29, 1.82) is 0 Å². The molecule has 1 unspecified atom stereocenters. The van der Waals surface area contributed by atoms with E-state index in [1.807, 2.05) is 6.92 Å². The van der Waals surface area contributed by atoms with Gasteiger partial charge in [0.1, 0.15) is 11.3 Å². The molecule has 1 amide bonds. The first-order chi connectivity index (χ1) is 11.1. The van der Waals surface area contributed by atoms with E-state index in [1.54, 1.807) is 20.8 Å². The number of hydrogen-bond donors (Lipinski definition) is 3. The van der Waals surface area contributed by atoms with Crippen LogP contribution >= 0.6 is 0 Å². The lowest BCUT2D eigenvalue weighted by atomic mass is 9.66. The largest absolute Gasteiger partial charge is 0.455 e. The van der Waals surface area contributed by atoms with Gasteiger partial charge in [0, 0.05) is 18.9 Å². The van der Waals surface area contributed by atoms with Crippen LogP contribution in [0.3, 0.4) is 0 Å². The zero-order valence-electron chi connectivity index (χ0n) is 14.3. The van der Waals surface area contributed by atoms with Gasteiger partial charge in [-0.2, -0.15) is 5.10 Å². The van der Waals surface area contributed by atoms with Gasteiger partial charge in [-0.25, -0.2) is 4.79 Å². The number of H-pyrrole nitrogens is 1. The molecule has 1 aliphatic carbocycles. The van der Waals surface area contributed by atoms with Crippen LogP contribution in [0, 0.1) is 0 Å². The van der Waals surface area contributed by atoms with Crippen LogP contribution in [0.4, 0.5) is 0 Å². The molecule has 1 atom stereocenters. The van der Waals surface area contributed by atoms with Gasteiger partial charge in [0.05, 0.1) is 23.9 Å². The van der Waals surface area contributed by atoms with E-state index in [-0.39, 0.29) is 30.0 Å². The Hall–Kier alpha value is -1.93. The van der Waals surface area contributed by atoms with Gasteiger partial charge in [0.15, 0.2) is 5.69 Å². The highest BCUT2D eigenvalue weighted by molar-refractivity contribution is 5.96. The van der Waals surface area contributed by atoms with Crippen LogP contribution in [-0.2, 0) is 9.47 Å². The predicted octanol–water partition coefficient (Wildman–Crippen LogP) is 0.777. The molecule has 3 fully saturated rings. The summed E-state index contributed by atoms with van der Waals surface area (Å²) in [6.45, 7) is 7.11. The van der Waals surface area contributed by atoms with Crippen LogP contribution in [0.5, 0.6) is 0 Å². The molecule has 0 aromatic carbocycles. The van der Waals surface area contributed by atoms with E-state index < -0.39 is 22.7 Å². The van der Waals surface area contributed by atoms with E-state index in [0.29, 0.717) is 12.8 Å². The van der Waals surface area contributed by atoms with Gasteiger partial charge < -0.3 is 19.9 Å². The number of aromatic nitrogens is 2. The highest BCUT2D eigenvalue weighted by Crippen LogP contribution is 2.55. The van der Waals surface area contributed by atoms with Crippen LogP contribution < -0.4 is 5.32 Å². The normalized spacial score (nSPS) is 31.5. The predicted molar refractivity (Wildman–Crippen MR) is 83.6 cm³/mol. The molecule has 2 aliphatic heterocycles. The first kappa shape index (κ1) is 16.9. The highest BCUT2D eigenvalue weighted by Gasteiger charge is 2.66. The zero-order valence-corrected chi connectivity index (χ0v) is 14.3. The Labute approximate surface area is 139 Å². The molecule has 8 nitrogen and oxygen atoms in total. The first-order valence-corrected chi connectivity index (χ1v) is 7.98. The number of amides is 1. The Morgan fingerprint density at radius 3 is 2.71 bits per heavy atom. The number of fused-ring (bicyclic) bond motifs is 1.